The number of rotatable bonds is 7. The lowest BCUT2D eigenvalue weighted by molar-refractivity contribution is -0.0147. The van der Waals surface area contributed by atoms with Crippen LogP contribution >= 0.6 is 0 Å². The van der Waals surface area contributed by atoms with Crippen molar-refractivity contribution in [2.45, 2.75) is 70.4 Å². The molecule has 1 aliphatic carbocycles. The van der Waals surface area contributed by atoms with E-state index in [-0.39, 0.29) is 5.60 Å². The molecule has 2 rings (SSSR count). The zero-order valence-electron chi connectivity index (χ0n) is 14.1. The minimum atomic E-state index is -0.123. The Labute approximate surface area is 130 Å². The van der Waals surface area contributed by atoms with Crippen molar-refractivity contribution in [3.63, 3.8) is 0 Å². The summed E-state index contributed by atoms with van der Waals surface area (Å²) in [5, 5.41) is 3.71. The smallest absolute Gasteiger partial charge is 0.0775 e. The van der Waals surface area contributed by atoms with Crippen molar-refractivity contribution in [2.75, 3.05) is 13.7 Å². The standard InChI is InChI=1S/C19H31NO/c1-5-13-20-18(19(2,3)21-4)14-16-11-8-10-15-9-6-7-12-17(15)16/h6-7,9,12,16,18,20H,5,8,10-11,13-14H2,1-4H3. The summed E-state index contributed by atoms with van der Waals surface area (Å²) in [6, 6.07) is 9.40. The van der Waals surface area contributed by atoms with Gasteiger partial charge in [0.25, 0.3) is 0 Å². The fourth-order valence-corrected chi connectivity index (χ4v) is 3.46. The van der Waals surface area contributed by atoms with Crippen molar-refractivity contribution in [2.24, 2.45) is 0 Å². The van der Waals surface area contributed by atoms with Crippen LogP contribution in [0.1, 0.15) is 63.5 Å². The summed E-state index contributed by atoms with van der Waals surface area (Å²) in [6.07, 6.45) is 6.19. The zero-order chi connectivity index (χ0) is 15.3. The molecule has 2 unspecified atom stereocenters. The van der Waals surface area contributed by atoms with Crippen LogP contribution in [0.4, 0.5) is 0 Å². The molecule has 2 heteroatoms. The summed E-state index contributed by atoms with van der Waals surface area (Å²) < 4.78 is 5.76. The van der Waals surface area contributed by atoms with E-state index in [1.807, 2.05) is 7.11 Å². The first-order chi connectivity index (χ1) is 10.1. The lowest BCUT2D eigenvalue weighted by atomic mass is 9.77. The first-order valence-corrected chi connectivity index (χ1v) is 8.44. The Morgan fingerprint density at radius 2 is 2.10 bits per heavy atom. The first kappa shape index (κ1) is 16.5. The maximum absolute atomic E-state index is 5.76. The summed E-state index contributed by atoms with van der Waals surface area (Å²) >= 11 is 0. The molecule has 0 aliphatic heterocycles. The monoisotopic (exact) mass is 289 g/mol. The minimum Gasteiger partial charge on any atom is -0.377 e. The highest BCUT2D eigenvalue weighted by molar-refractivity contribution is 5.32. The van der Waals surface area contributed by atoms with Gasteiger partial charge in [-0.3, -0.25) is 0 Å². The van der Waals surface area contributed by atoms with E-state index in [2.05, 4.69) is 50.4 Å². The summed E-state index contributed by atoms with van der Waals surface area (Å²) in [4.78, 5) is 0. The van der Waals surface area contributed by atoms with E-state index < -0.39 is 0 Å². The Balaban J connectivity index is 2.14. The van der Waals surface area contributed by atoms with Gasteiger partial charge in [0, 0.05) is 13.2 Å². The molecule has 118 valence electrons. The molecule has 1 N–H and O–H groups in total. The highest BCUT2D eigenvalue weighted by atomic mass is 16.5. The van der Waals surface area contributed by atoms with Crippen LogP contribution in [0.25, 0.3) is 0 Å². The zero-order valence-corrected chi connectivity index (χ0v) is 14.1. The van der Waals surface area contributed by atoms with Crippen LogP contribution in [0.15, 0.2) is 24.3 Å². The Kier molecular flexibility index (Phi) is 5.83. The maximum atomic E-state index is 5.76. The molecule has 0 saturated heterocycles. The summed E-state index contributed by atoms with van der Waals surface area (Å²) in [5.41, 5.74) is 3.00. The second-order valence-electron chi connectivity index (χ2n) is 6.84. The Morgan fingerprint density at radius 1 is 1.33 bits per heavy atom. The predicted octanol–water partition coefficient (Wildman–Crippen LogP) is 4.29. The second-order valence-corrected chi connectivity index (χ2v) is 6.84. The third kappa shape index (κ3) is 4.08. The molecule has 1 aromatic carbocycles. The molecule has 2 nitrogen and oxygen atoms in total. The van der Waals surface area contributed by atoms with Gasteiger partial charge < -0.3 is 10.1 Å². The predicted molar refractivity (Wildman–Crippen MR) is 89.9 cm³/mol. The third-order valence-corrected chi connectivity index (χ3v) is 5.02. The molecule has 0 spiro atoms. The van der Waals surface area contributed by atoms with Crippen LogP contribution < -0.4 is 5.32 Å². The Hall–Kier alpha value is -0.860. The van der Waals surface area contributed by atoms with Crippen LogP contribution in [-0.4, -0.2) is 25.3 Å². The normalized spacial score (nSPS) is 20.1. The molecule has 21 heavy (non-hydrogen) atoms. The molecule has 1 aliphatic rings. The van der Waals surface area contributed by atoms with Crippen LogP contribution in [0.2, 0.25) is 0 Å². The van der Waals surface area contributed by atoms with Crippen molar-refractivity contribution in [1.29, 1.82) is 0 Å². The summed E-state index contributed by atoms with van der Waals surface area (Å²) in [6.45, 7) is 7.69. The fourth-order valence-electron chi connectivity index (χ4n) is 3.46. The van der Waals surface area contributed by atoms with Crippen molar-refractivity contribution < 1.29 is 4.74 Å². The van der Waals surface area contributed by atoms with Crippen molar-refractivity contribution in [1.82, 2.24) is 5.32 Å². The summed E-state index contributed by atoms with van der Waals surface area (Å²) in [7, 11) is 1.83. The quantitative estimate of drug-likeness (QED) is 0.808. The van der Waals surface area contributed by atoms with E-state index in [0.717, 1.165) is 19.4 Å². The molecule has 0 saturated carbocycles. The van der Waals surface area contributed by atoms with Gasteiger partial charge >= 0.3 is 0 Å². The highest BCUT2D eigenvalue weighted by Gasteiger charge is 2.32. The molecular formula is C19H31NO. The van der Waals surface area contributed by atoms with Crippen LogP contribution in [0, 0.1) is 0 Å². The molecule has 1 aromatic rings. The van der Waals surface area contributed by atoms with E-state index in [0.29, 0.717) is 12.0 Å². The van der Waals surface area contributed by atoms with Gasteiger partial charge in [-0.25, -0.2) is 0 Å². The largest absolute Gasteiger partial charge is 0.377 e. The van der Waals surface area contributed by atoms with Crippen LogP contribution in [0.3, 0.4) is 0 Å². The number of hydrogen-bond acceptors (Lipinski definition) is 2. The lowest BCUT2D eigenvalue weighted by Gasteiger charge is -2.37. The molecule has 0 fully saturated rings. The Morgan fingerprint density at radius 3 is 2.81 bits per heavy atom. The molecule has 0 aromatic heterocycles. The lowest BCUT2D eigenvalue weighted by Crippen LogP contribution is -2.49. The van der Waals surface area contributed by atoms with E-state index >= 15 is 0 Å². The van der Waals surface area contributed by atoms with Crippen LogP contribution in [0.5, 0.6) is 0 Å². The number of aryl methyl sites for hydroxylation is 1. The minimum absolute atomic E-state index is 0.123. The van der Waals surface area contributed by atoms with Crippen LogP contribution in [-0.2, 0) is 11.2 Å². The molecular weight excluding hydrogens is 258 g/mol. The number of hydrogen-bond donors (Lipinski definition) is 1. The average Bonchev–Trinajstić information content (AvgIpc) is 2.51. The molecule has 0 amide bonds. The SMILES string of the molecule is CCCNC(CC1CCCc2ccccc21)C(C)(C)OC. The van der Waals surface area contributed by atoms with Gasteiger partial charge in [-0.2, -0.15) is 0 Å². The fraction of sp³-hybridized carbons (Fsp3) is 0.684. The number of fused-ring (bicyclic) bond motifs is 1. The molecule has 0 radical (unpaired) electrons. The Bertz CT molecular complexity index is 441. The van der Waals surface area contributed by atoms with E-state index in [1.54, 1.807) is 11.1 Å². The van der Waals surface area contributed by atoms with Crippen molar-refractivity contribution in [3.8, 4) is 0 Å². The molecule has 0 heterocycles. The van der Waals surface area contributed by atoms with Gasteiger partial charge in [-0.05, 0) is 69.5 Å². The van der Waals surface area contributed by atoms with E-state index in [9.17, 15) is 0 Å². The number of ether oxygens (including phenoxy) is 1. The number of benzene rings is 1. The molecule has 0 bridgehead atoms. The van der Waals surface area contributed by atoms with Gasteiger partial charge in [-0.1, -0.05) is 31.2 Å². The van der Waals surface area contributed by atoms with E-state index in [1.165, 1.54) is 19.3 Å². The number of nitrogens with one attached hydrogen (secondary N) is 1. The van der Waals surface area contributed by atoms with Gasteiger partial charge in [0.1, 0.15) is 0 Å². The highest BCUT2D eigenvalue weighted by Crippen LogP contribution is 2.36. The van der Waals surface area contributed by atoms with E-state index in [4.69, 9.17) is 4.74 Å². The second kappa shape index (κ2) is 7.42. The first-order valence-electron chi connectivity index (χ1n) is 8.44. The number of methoxy groups -OCH3 is 1. The summed E-state index contributed by atoms with van der Waals surface area (Å²) in [5.74, 6) is 0.665. The van der Waals surface area contributed by atoms with Crippen molar-refractivity contribution >= 4 is 0 Å². The van der Waals surface area contributed by atoms with Gasteiger partial charge in [0.15, 0.2) is 0 Å². The van der Waals surface area contributed by atoms with Gasteiger partial charge in [-0.15, -0.1) is 0 Å². The average molecular weight is 289 g/mol. The third-order valence-electron chi connectivity index (χ3n) is 5.02. The van der Waals surface area contributed by atoms with Gasteiger partial charge in [0.05, 0.1) is 5.60 Å². The van der Waals surface area contributed by atoms with Crippen molar-refractivity contribution in [3.05, 3.63) is 35.4 Å². The maximum Gasteiger partial charge on any atom is 0.0775 e. The topological polar surface area (TPSA) is 21.3 Å². The molecule has 2 atom stereocenters. The van der Waals surface area contributed by atoms with Gasteiger partial charge in [0.2, 0.25) is 0 Å².